The highest BCUT2D eigenvalue weighted by Gasteiger charge is 2.28. The summed E-state index contributed by atoms with van der Waals surface area (Å²) in [5, 5.41) is 3.50. The molecule has 2 saturated carbocycles. The summed E-state index contributed by atoms with van der Waals surface area (Å²) in [5.41, 5.74) is 2.07. The summed E-state index contributed by atoms with van der Waals surface area (Å²) in [6, 6.07) is 7.00. The fraction of sp³-hybridized carbons (Fsp3) is 0.647. The van der Waals surface area contributed by atoms with Crippen LogP contribution in [-0.4, -0.2) is 23.5 Å². The number of hydrogen-bond acceptors (Lipinski definition) is 2. The highest BCUT2D eigenvalue weighted by atomic mass is 19.1. The molecule has 110 valence electrons. The van der Waals surface area contributed by atoms with Crippen LogP contribution in [0.1, 0.15) is 50.2 Å². The molecule has 0 amide bonds. The molecule has 0 atom stereocenters. The zero-order valence-corrected chi connectivity index (χ0v) is 12.4. The van der Waals surface area contributed by atoms with E-state index in [1.54, 1.807) is 6.07 Å². The molecular weight excluding hydrogens is 251 g/mol. The first-order valence-electron chi connectivity index (χ1n) is 8.01. The van der Waals surface area contributed by atoms with Crippen molar-refractivity contribution < 1.29 is 4.39 Å². The topological polar surface area (TPSA) is 15.3 Å². The van der Waals surface area contributed by atoms with Gasteiger partial charge < -0.3 is 5.32 Å². The van der Waals surface area contributed by atoms with Crippen molar-refractivity contribution in [3.8, 4) is 0 Å². The molecule has 0 radical (unpaired) electrons. The molecule has 0 spiro atoms. The third-order valence-electron chi connectivity index (χ3n) is 4.23. The quantitative estimate of drug-likeness (QED) is 0.782. The summed E-state index contributed by atoms with van der Waals surface area (Å²) in [4.78, 5) is 2.44. The lowest BCUT2D eigenvalue weighted by atomic mass is 10.1. The summed E-state index contributed by atoms with van der Waals surface area (Å²) >= 11 is 0. The maximum absolute atomic E-state index is 14.0. The van der Waals surface area contributed by atoms with E-state index >= 15 is 0 Å². The second-order valence-electron chi connectivity index (χ2n) is 6.28. The van der Waals surface area contributed by atoms with Gasteiger partial charge >= 0.3 is 0 Å². The van der Waals surface area contributed by atoms with E-state index in [1.165, 1.54) is 31.2 Å². The first-order valence-corrected chi connectivity index (χ1v) is 8.01. The zero-order chi connectivity index (χ0) is 13.9. The molecule has 0 heterocycles. The molecule has 2 nitrogen and oxygen atoms in total. The minimum absolute atomic E-state index is 0.0538. The molecule has 1 aromatic rings. The van der Waals surface area contributed by atoms with E-state index in [0.29, 0.717) is 12.1 Å². The molecular formula is C17H25FN2. The summed E-state index contributed by atoms with van der Waals surface area (Å²) in [7, 11) is 0. The van der Waals surface area contributed by atoms with Crippen LogP contribution in [0, 0.1) is 5.82 Å². The van der Waals surface area contributed by atoms with Crippen molar-refractivity contribution in [3.05, 3.63) is 35.1 Å². The van der Waals surface area contributed by atoms with Crippen LogP contribution in [0.25, 0.3) is 0 Å². The summed E-state index contributed by atoms with van der Waals surface area (Å²) < 4.78 is 14.0. The van der Waals surface area contributed by atoms with Crippen LogP contribution in [0.4, 0.5) is 4.39 Å². The van der Waals surface area contributed by atoms with Gasteiger partial charge in [0.1, 0.15) is 5.82 Å². The van der Waals surface area contributed by atoms with E-state index in [1.807, 2.05) is 6.07 Å². The van der Waals surface area contributed by atoms with Gasteiger partial charge in [-0.25, -0.2) is 4.39 Å². The normalized spacial score (nSPS) is 18.8. The van der Waals surface area contributed by atoms with Gasteiger partial charge in [-0.15, -0.1) is 0 Å². The summed E-state index contributed by atoms with van der Waals surface area (Å²) in [5.74, 6) is -0.0538. The fourth-order valence-electron chi connectivity index (χ4n) is 2.75. The number of benzene rings is 1. The lowest BCUT2D eigenvalue weighted by molar-refractivity contribution is 0.251. The van der Waals surface area contributed by atoms with Crippen LogP contribution in [0.3, 0.4) is 0 Å². The first-order chi connectivity index (χ1) is 9.76. The van der Waals surface area contributed by atoms with Gasteiger partial charge in [0.25, 0.3) is 0 Å². The van der Waals surface area contributed by atoms with Crippen molar-refractivity contribution in [1.29, 1.82) is 0 Å². The molecule has 20 heavy (non-hydrogen) atoms. The van der Waals surface area contributed by atoms with Gasteiger partial charge in [-0.05, 0) is 50.3 Å². The lowest BCUT2D eigenvalue weighted by Crippen LogP contribution is -2.27. The van der Waals surface area contributed by atoms with Crippen LogP contribution in [0.5, 0.6) is 0 Å². The number of rotatable bonds is 8. The van der Waals surface area contributed by atoms with E-state index in [2.05, 4.69) is 23.2 Å². The van der Waals surface area contributed by atoms with Crippen LogP contribution >= 0.6 is 0 Å². The molecule has 0 unspecified atom stereocenters. The Balaban J connectivity index is 1.64. The Bertz CT molecular complexity index is 452. The van der Waals surface area contributed by atoms with E-state index in [9.17, 15) is 4.39 Å². The molecule has 2 aliphatic carbocycles. The predicted octanol–water partition coefficient (Wildman–Crippen LogP) is 3.45. The molecule has 0 bridgehead atoms. The highest BCUT2D eigenvalue weighted by molar-refractivity contribution is 5.25. The Labute approximate surface area is 121 Å². The average Bonchev–Trinajstić information content (AvgIpc) is 3.31. The first kappa shape index (κ1) is 14.0. The van der Waals surface area contributed by atoms with E-state index in [0.717, 1.165) is 31.6 Å². The predicted molar refractivity (Wildman–Crippen MR) is 80.0 cm³/mol. The van der Waals surface area contributed by atoms with E-state index in [-0.39, 0.29) is 5.82 Å². The zero-order valence-electron chi connectivity index (χ0n) is 12.4. The van der Waals surface area contributed by atoms with Crippen LogP contribution in [0.15, 0.2) is 18.2 Å². The van der Waals surface area contributed by atoms with Crippen LogP contribution < -0.4 is 5.32 Å². The summed E-state index contributed by atoms with van der Waals surface area (Å²) in [6.07, 6.45) is 6.29. The van der Waals surface area contributed by atoms with Crippen molar-refractivity contribution in [2.24, 2.45) is 0 Å². The number of nitrogens with zero attached hydrogens (tertiary/aromatic N) is 1. The van der Waals surface area contributed by atoms with Gasteiger partial charge in [0, 0.05) is 30.7 Å². The smallest absolute Gasteiger partial charge is 0.127 e. The minimum atomic E-state index is -0.0538. The Hall–Kier alpha value is -0.930. The van der Waals surface area contributed by atoms with Crippen molar-refractivity contribution in [2.75, 3.05) is 6.54 Å². The van der Waals surface area contributed by atoms with E-state index < -0.39 is 0 Å². The van der Waals surface area contributed by atoms with Crippen molar-refractivity contribution in [2.45, 2.75) is 64.2 Å². The Morgan fingerprint density at radius 1 is 1.25 bits per heavy atom. The molecule has 2 aliphatic rings. The SMILES string of the molecule is CCCN(Cc1cc(CNC2CC2)ccc1F)C1CC1. The van der Waals surface area contributed by atoms with E-state index in [4.69, 9.17) is 0 Å². The number of halogens is 1. The highest BCUT2D eigenvalue weighted by Crippen LogP contribution is 2.29. The van der Waals surface area contributed by atoms with Gasteiger partial charge in [-0.3, -0.25) is 4.90 Å². The molecule has 0 saturated heterocycles. The lowest BCUT2D eigenvalue weighted by Gasteiger charge is -2.22. The fourth-order valence-corrected chi connectivity index (χ4v) is 2.75. The van der Waals surface area contributed by atoms with Crippen molar-refractivity contribution in [1.82, 2.24) is 10.2 Å². The molecule has 0 aromatic heterocycles. The van der Waals surface area contributed by atoms with Gasteiger partial charge in [0.15, 0.2) is 0 Å². The second kappa shape index (κ2) is 6.23. The second-order valence-corrected chi connectivity index (χ2v) is 6.28. The third-order valence-corrected chi connectivity index (χ3v) is 4.23. The molecule has 0 aliphatic heterocycles. The monoisotopic (exact) mass is 276 g/mol. The maximum Gasteiger partial charge on any atom is 0.127 e. The third kappa shape index (κ3) is 3.80. The molecule has 2 fully saturated rings. The van der Waals surface area contributed by atoms with Crippen LogP contribution in [0.2, 0.25) is 0 Å². The Morgan fingerprint density at radius 3 is 2.70 bits per heavy atom. The molecule has 1 aromatic carbocycles. The maximum atomic E-state index is 14.0. The Kier molecular flexibility index (Phi) is 4.37. The largest absolute Gasteiger partial charge is 0.310 e. The van der Waals surface area contributed by atoms with Crippen molar-refractivity contribution in [3.63, 3.8) is 0 Å². The number of nitrogens with one attached hydrogen (secondary N) is 1. The van der Waals surface area contributed by atoms with Gasteiger partial charge in [0.05, 0.1) is 0 Å². The molecule has 3 rings (SSSR count). The molecule has 1 N–H and O–H groups in total. The standard InChI is InChI=1S/C17H25FN2/c1-2-9-20(16-6-7-16)12-14-10-13(3-8-17(14)18)11-19-15-4-5-15/h3,8,10,15-16,19H,2,4-7,9,11-12H2,1H3. The molecule has 3 heteroatoms. The average molecular weight is 276 g/mol. The van der Waals surface area contributed by atoms with Gasteiger partial charge in [0.2, 0.25) is 0 Å². The van der Waals surface area contributed by atoms with Crippen LogP contribution in [-0.2, 0) is 13.1 Å². The van der Waals surface area contributed by atoms with Crippen molar-refractivity contribution >= 4 is 0 Å². The number of hydrogen-bond donors (Lipinski definition) is 1. The Morgan fingerprint density at radius 2 is 2.05 bits per heavy atom. The van der Waals surface area contributed by atoms with Gasteiger partial charge in [-0.1, -0.05) is 19.1 Å². The summed E-state index contributed by atoms with van der Waals surface area (Å²) in [6.45, 7) is 4.91. The minimum Gasteiger partial charge on any atom is -0.310 e. The van der Waals surface area contributed by atoms with Gasteiger partial charge in [-0.2, -0.15) is 0 Å².